The summed E-state index contributed by atoms with van der Waals surface area (Å²) in [7, 11) is 0. The van der Waals surface area contributed by atoms with Gasteiger partial charge in [-0.2, -0.15) is 0 Å². The quantitative estimate of drug-likeness (QED) is 0.616. The molecule has 1 aliphatic rings. The van der Waals surface area contributed by atoms with Crippen LogP contribution in [0.4, 0.5) is 5.82 Å². The number of hydrogen-bond acceptors (Lipinski definition) is 5. The fraction of sp³-hybridized carbons (Fsp3) is 0.500. The molecule has 7 heteroatoms. The van der Waals surface area contributed by atoms with Crippen molar-refractivity contribution in [2.45, 2.75) is 71.1 Å². The van der Waals surface area contributed by atoms with E-state index in [2.05, 4.69) is 32.4 Å². The number of unbranched alkanes of at least 4 members (excludes halogenated alkanes) is 5. The van der Waals surface area contributed by atoms with Crippen molar-refractivity contribution in [1.29, 1.82) is 0 Å². The molecule has 0 fully saturated rings. The molecule has 0 bridgehead atoms. The third-order valence-corrected chi connectivity index (χ3v) is 4.68. The molecule has 2 aromatic rings. The van der Waals surface area contributed by atoms with E-state index in [9.17, 15) is 9.59 Å². The van der Waals surface area contributed by atoms with Gasteiger partial charge in [0.1, 0.15) is 11.6 Å². The molecule has 0 saturated carbocycles. The fourth-order valence-electron chi connectivity index (χ4n) is 3.08. The highest BCUT2D eigenvalue weighted by atomic mass is 16.4. The highest BCUT2D eigenvalue weighted by Crippen LogP contribution is 2.21. The first-order valence-corrected chi connectivity index (χ1v) is 10.3. The molecule has 3 heterocycles. The summed E-state index contributed by atoms with van der Waals surface area (Å²) in [6, 6.07) is 5.93. The van der Waals surface area contributed by atoms with Gasteiger partial charge in [0.15, 0.2) is 0 Å². The molecule has 3 rings (SSSR count). The lowest BCUT2D eigenvalue weighted by Gasteiger charge is -2.16. The van der Waals surface area contributed by atoms with Crippen LogP contribution in [0.5, 0.6) is 0 Å². The monoisotopic (exact) mass is 398 g/mol. The van der Waals surface area contributed by atoms with Crippen molar-refractivity contribution >= 4 is 17.7 Å². The van der Waals surface area contributed by atoms with Gasteiger partial charge in [-0.15, -0.1) is 0 Å². The van der Waals surface area contributed by atoms with E-state index in [4.69, 9.17) is 5.11 Å². The number of aromatic nitrogens is 3. The number of aliphatic carboxylic acids is 1. The van der Waals surface area contributed by atoms with Gasteiger partial charge in [-0.05, 0) is 50.3 Å². The zero-order valence-corrected chi connectivity index (χ0v) is 17.1. The van der Waals surface area contributed by atoms with Crippen LogP contribution in [0.3, 0.4) is 0 Å². The summed E-state index contributed by atoms with van der Waals surface area (Å²) in [6.07, 6.45) is 12.2. The van der Waals surface area contributed by atoms with E-state index in [0.29, 0.717) is 6.42 Å². The Bertz CT molecular complexity index is 781. The molecule has 1 aliphatic heterocycles. The predicted molar refractivity (Wildman–Crippen MR) is 112 cm³/mol. The van der Waals surface area contributed by atoms with E-state index >= 15 is 0 Å². The summed E-state index contributed by atoms with van der Waals surface area (Å²) >= 11 is 0. The minimum atomic E-state index is -0.703. The molecule has 2 N–H and O–H groups in total. The topological polar surface area (TPSA) is 105 Å². The van der Waals surface area contributed by atoms with Gasteiger partial charge in [0.05, 0.1) is 0 Å². The SMILES string of the molecule is Cc1ncccn1.O=C(O)CCCCCCCCc1ccc2c(n1)NC(=O)CC2. The van der Waals surface area contributed by atoms with Crippen LogP contribution in [0.25, 0.3) is 0 Å². The summed E-state index contributed by atoms with van der Waals surface area (Å²) in [4.78, 5) is 34.0. The molecule has 0 aromatic carbocycles. The van der Waals surface area contributed by atoms with E-state index in [1.807, 2.05) is 6.92 Å². The normalized spacial score (nSPS) is 12.4. The van der Waals surface area contributed by atoms with Gasteiger partial charge in [0.25, 0.3) is 0 Å². The van der Waals surface area contributed by atoms with Crippen LogP contribution in [-0.2, 0) is 22.4 Å². The van der Waals surface area contributed by atoms with Gasteiger partial charge in [-0.1, -0.05) is 31.7 Å². The number of carboxylic acid groups (broad SMARTS) is 1. The van der Waals surface area contributed by atoms with E-state index in [1.165, 1.54) is 0 Å². The van der Waals surface area contributed by atoms with E-state index in [-0.39, 0.29) is 12.3 Å². The number of hydrogen-bond donors (Lipinski definition) is 2. The summed E-state index contributed by atoms with van der Waals surface area (Å²) in [5, 5.41) is 11.4. The molecule has 0 saturated heterocycles. The Morgan fingerprint density at radius 3 is 2.38 bits per heavy atom. The maximum Gasteiger partial charge on any atom is 0.303 e. The van der Waals surface area contributed by atoms with Gasteiger partial charge >= 0.3 is 5.97 Å². The minimum Gasteiger partial charge on any atom is -0.481 e. The number of nitrogens with zero attached hydrogens (tertiary/aromatic N) is 3. The van der Waals surface area contributed by atoms with Crippen LogP contribution in [-0.4, -0.2) is 31.9 Å². The van der Waals surface area contributed by atoms with Crippen LogP contribution in [0.15, 0.2) is 30.6 Å². The Labute approximate surface area is 172 Å². The second kappa shape index (κ2) is 12.6. The van der Waals surface area contributed by atoms with Crippen molar-refractivity contribution in [3.63, 3.8) is 0 Å². The van der Waals surface area contributed by atoms with Crippen LogP contribution in [0.1, 0.15) is 68.4 Å². The molecule has 2 aromatic heterocycles. The van der Waals surface area contributed by atoms with Gasteiger partial charge < -0.3 is 10.4 Å². The lowest BCUT2D eigenvalue weighted by Crippen LogP contribution is -2.20. The maximum absolute atomic E-state index is 11.4. The Kier molecular flexibility index (Phi) is 9.75. The number of carboxylic acids is 1. The third-order valence-electron chi connectivity index (χ3n) is 4.68. The van der Waals surface area contributed by atoms with Gasteiger partial charge in [-0.3, -0.25) is 9.59 Å². The maximum atomic E-state index is 11.4. The lowest BCUT2D eigenvalue weighted by molar-refractivity contribution is -0.137. The molecule has 156 valence electrons. The van der Waals surface area contributed by atoms with Gasteiger partial charge in [-0.25, -0.2) is 15.0 Å². The number of rotatable bonds is 9. The molecule has 0 spiro atoms. The molecular weight excluding hydrogens is 368 g/mol. The van der Waals surface area contributed by atoms with Crippen LogP contribution >= 0.6 is 0 Å². The number of nitrogens with one attached hydrogen (secondary N) is 1. The second-order valence-corrected chi connectivity index (χ2v) is 7.17. The van der Waals surface area contributed by atoms with Crippen molar-refractivity contribution in [3.8, 4) is 0 Å². The molecule has 0 atom stereocenters. The van der Waals surface area contributed by atoms with Crippen LogP contribution < -0.4 is 5.32 Å². The van der Waals surface area contributed by atoms with E-state index in [1.54, 1.807) is 18.5 Å². The summed E-state index contributed by atoms with van der Waals surface area (Å²) in [6.45, 7) is 1.86. The first-order chi connectivity index (χ1) is 14.0. The average molecular weight is 399 g/mol. The van der Waals surface area contributed by atoms with E-state index < -0.39 is 5.97 Å². The minimum absolute atomic E-state index is 0.0542. The number of carbonyl (C=O) groups excluding carboxylic acids is 1. The molecule has 0 unspecified atom stereocenters. The van der Waals surface area contributed by atoms with Crippen LogP contribution in [0.2, 0.25) is 0 Å². The molecule has 1 amide bonds. The number of aryl methyl sites for hydroxylation is 3. The highest BCUT2D eigenvalue weighted by Gasteiger charge is 2.15. The van der Waals surface area contributed by atoms with Gasteiger partial charge in [0.2, 0.25) is 5.91 Å². The number of pyridine rings is 1. The molecule has 0 aliphatic carbocycles. The largest absolute Gasteiger partial charge is 0.481 e. The smallest absolute Gasteiger partial charge is 0.303 e. The summed E-state index contributed by atoms with van der Waals surface area (Å²) in [5.41, 5.74) is 2.16. The number of amides is 1. The highest BCUT2D eigenvalue weighted by molar-refractivity contribution is 5.92. The molecule has 7 nitrogen and oxygen atoms in total. The summed E-state index contributed by atoms with van der Waals surface area (Å²) < 4.78 is 0. The zero-order chi connectivity index (χ0) is 20.9. The second-order valence-electron chi connectivity index (χ2n) is 7.17. The van der Waals surface area contributed by atoms with E-state index in [0.717, 1.165) is 74.3 Å². The fourth-order valence-corrected chi connectivity index (χ4v) is 3.08. The Morgan fingerprint density at radius 2 is 1.72 bits per heavy atom. The van der Waals surface area contributed by atoms with Crippen molar-refractivity contribution in [3.05, 3.63) is 47.7 Å². The number of fused-ring (bicyclic) bond motifs is 1. The molecule has 0 radical (unpaired) electrons. The van der Waals surface area contributed by atoms with Gasteiger partial charge in [0, 0.05) is 30.9 Å². The van der Waals surface area contributed by atoms with Crippen molar-refractivity contribution in [1.82, 2.24) is 15.0 Å². The van der Waals surface area contributed by atoms with Crippen LogP contribution in [0, 0.1) is 6.92 Å². The van der Waals surface area contributed by atoms with Crippen molar-refractivity contribution < 1.29 is 14.7 Å². The Balaban J connectivity index is 0.000000360. The average Bonchev–Trinajstić information content (AvgIpc) is 2.70. The Hall–Kier alpha value is -2.83. The third kappa shape index (κ3) is 9.27. The predicted octanol–water partition coefficient (Wildman–Crippen LogP) is 4.11. The van der Waals surface area contributed by atoms with Crippen molar-refractivity contribution in [2.24, 2.45) is 0 Å². The molecular formula is C22H30N4O3. The zero-order valence-electron chi connectivity index (χ0n) is 17.1. The lowest BCUT2D eigenvalue weighted by atomic mass is 10.0. The number of anilines is 1. The molecule has 29 heavy (non-hydrogen) atoms. The summed E-state index contributed by atoms with van der Waals surface area (Å²) in [5.74, 6) is 0.911. The standard InChI is InChI=1S/C17H24N2O3.C5H6N2/c20-15-12-10-13-9-11-14(18-17(13)19-15)7-5-3-1-2-4-6-8-16(21)22;1-5-6-3-2-4-7-5/h9,11H,1-8,10,12H2,(H,21,22)(H,18,19,20);2-4H,1H3. The number of carbonyl (C=O) groups is 2. The van der Waals surface area contributed by atoms with Crippen molar-refractivity contribution in [2.75, 3.05) is 5.32 Å². The Morgan fingerprint density at radius 1 is 1.03 bits per heavy atom. The first-order valence-electron chi connectivity index (χ1n) is 10.3. The first kappa shape index (κ1) is 22.5.